The van der Waals surface area contributed by atoms with Crippen molar-refractivity contribution < 1.29 is 9.31 Å². The molecule has 0 saturated carbocycles. The Morgan fingerprint density at radius 3 is 2.83 bits per heavy atom. The standard InChI is InChI=1S/C12H14FN3O2/c1-2-15(8-4-7-14)9-10-5-3-6-11(12(10)13)16(17)18/h3,5-6H,2,4,8-9H2,1H3. The van der Waals surface area contributed by atoms with Gasteiger partial charge < -0.3 is 0 Å². The van der Waals surface area contributed by atoms with Gasteiger partial charge in [-0.3, -0.25) is 15.0 Å². The first-order chi connectivity index (χ1) is 8.60. The normalized spacial score (nSPS) is 10.3. The lowest BCUT2D eigenvalue weighted by Crippen LogP contribution is -2.24. The monoisotopic (exact) mass is 251 g/mol. The molecule has 0 saturated heterocycles. The third kappa shape index (κ3) is 3.50. The first-order valence-electron chi connectivity index (χ1n) is 5.61. The molecule has 1 rings (SSSR count). The highest BCUT2D eigenvalue weighted by molar-refractivity contribution is 5.36. The number of rotatable bonds is 6. The van der Waals surface area contributed by atoms with Crippen molar-refractivity contribution in [3.63, 3.8) is 0 Å². The van der Waals surface area contributed by atoms with Crippen molar-refractivity contribution in [1.82, 2.24) is 4.90 Å². The van der Waals surface area contributed by atoms with Crippen LogP contribution >= 0.6 is 0 Å². The lowest BCUT2D eigenvalue weighted by Gasteiger charge is -2.19. The van der Waals surface area contributed by atoms with Gasteiger partial charge in [0.05, 0.1) is 11.0 Å². The van der Waals surface area contributed by atoms with Crippen LogP contribution in [0.1, 0.15) is 18.9 Å². The van der Waals surface area contributed by atoms with E-state index in [0.29, 0.717) is 19.5 Å². The van der Waals surface area contributed by atoms with Crippen molar-refractivity contribution in [3.05, 3.63) is 39.7 Å². The highest BCUT2D eigenvalue weighted by Gasteiger charge is 2.18. The molecule has 0 spiro atoms. The summed E-state index contributed by atoms with van der Waals surface area (Å²) in [4.78, 5) is 11.7. The SMILES string of the molecule is CCN(CCC#N)Cc1cccc([N+](=O)[O-])c1F. The summed E-state index contributed by atoms with van der Waals surface area (Å²) in [5.74, 6) is -0.794. The van der Waals surface area contributed by atoms with E-state index in [1.165, 1.54) is 12.1 Å². The Kier molecular flexibility index (Phi) is 5.21. The highest BCUT2D eigenvalue weighted by atomic mass is 19.1. The number of nitrogens with zero attached hydrogens (tertiary/aromatic N) is 3. The minimum Gasteiger partial charge on any atom is -0.298 e. The third-order valence-corrected chi connectivity index (χ3v) is 2.64. The maximum absolute atomic E-state index is 13.8. The summed E-state index contributed by atoms with van der Waals surface area (Å²) in [6, 6.07) is 6.15. The van der Waals surface area contributed by atoms with Crippen LogP contribution in [0.3, 0.4) is 0 Å². The van der Waals surface area contributed by atoms with E-state index < -0.39 is 16.4 Å². The molecular formula is C12H14FN3O2. The largest absolute Gasteiger partial charge is 0.305 e. The van der Waals surface area contributed by atoms with E-state index in [9.17, 15) is 14.5 Å². The van der Waals surface area contributed by atoms with Gasteiger partial charge in [0.2, 0.25) is 5.82 Å². The van der Waals surface area contributed by atoms with Crippen LogP contribution in [0.25, 0.3) is 0 Å². The fourth-order valence-electron chi connectivity index (χ4n) is 1.63. The third-order valence-electron chi connectivity index (χ3n) is 2.64. The Labute approximate surface area is 105 Å². The summed E-state index contributed by atoms with van der Waals surface area (Å²) in [5, 5.41) is 19.1. The van der Waals surface area contributed by atoms with Crippen LogP contribution in [0.15, 0.2) is 18.2 Å². The number of nitriles is 1. The van der Waals surface area contributed by atoms with Gasteiger partial charge in [0.1, 0.15) is 0 Å². The molecule has 0 radical (unpaired) electrons. The zero-order chi connectivity index (χ0) is 13.5. The van der Waals surface area contributed by atoms with Gasteiger partial charge in [-0.2, -0.15) is 9.65 Å². The maximum atomic E-state index is 13.8. The Morgan fingerprint density at radius 2 is 2.28 bits per heavy atom. The Morgan fingerprint density at radius 1 is 1.56 bits per heavy atom. The number of benzene rings is 1. The van der Waals surface area contributed by atoms with Crippen LogP contribution in [0.2, 0.25) is 0 Å². The van der Waals surface area contributed by atoms with Crippen molar-refractivity contribution in [2.45, 2.75) is 19.9 Å². The van der Waals surface area contributed by atoms with Crippen LogP contribution in [0.5, 0.6) is 0 Å². The lowest BCUT2D eigenvalue weighted by atomic mass is 10.1. The molecule has 0 fully saturated rings. The summed E-state index contributed by atoms with van der Waals surface area (Å²) in [6.07, 6.45) is 0.352. The van der Waals surface area contributed by atoms with Gasteiger partial charge in [0, 0.05) is 31.1 Å². The number of hydrogen-bond acceptors (Lipinski definition) is 4. The number of halogens is 1. The van der Waals surface area contributed by atoms with Crippen LogP contribution < -0.4 is 0 Å². The topological polar surface area (TPSA) is 70.2 Å². The fourth-order valence-corrected chi connectivity index (χ4v) is 1.63. The van der Waals surface area contributed by atoms with Gasteiger partial charge >= 0.3 is 5.69 Å². The molecule has 0 aliphatic carbocycles. The minimum atomic E-state index is -0.794. The van der Waals surface area contributed by atoms with Crippen LogP contribution in [0.4, 0.5) is 10.1 Å². The van der Waals surface area contributed by atoms with Gasteiger partial charge in [-0.15, -0.1) is 0 Å². The van der Waals surface area contributed by atoms with Gasteiger partial charge in [-0.1, -0.05) is 19.1 Å². The number of hydrogen-bond donors (Lipinski definition) is 0. The number of nitro benzene ring substituents is 1. The van der Waals surface area contributed by atoms with E-state index in [-0.39, 0.29) is 12.1 Å². The summed E-state index contributed by atoms with van der Waals surface area (Å²) in [7, 11) is 0. The molecule has 0 N–H and O–H groups in total. The van der Waals surface area contributed by atoms with Gasteiger partial charge in [-0.05, 0) is 6.54 Å². The molecule has 0 heterocycles. The zero-order valence-electron chi connectivity index (χ0n) is 10.1. The predicted octanol–water partition coefficient (Wildman–Crippen LogP) is 2.47. The quantitative estimate of drug-likeness (QED) is 0.575. The van der Waals surface area contributed by atoms with E-state index in [0.717, 1.165) is 6.07 Å². The van der Waals surface area contributed by atoms with E-state index in [1.807, 2.05) is 17.9 Å². The smallest absolute Gasteiger partial charge is 0.298 e. The summed E-state index contributed by atoms with van der Waals surface area (Å²) in [6.45, 7) is 3.34. The van der Waals surface area contributed by atoms with Crippen molar-refractivity contribution >= 4 is 5.69 Å². The van der Waals surface area contributed by atoms with Gasteiger partial charge in [0.15, 0.2) is 0 Å². The van der Waals surface area contributed by atoms with Gasteiger partial charge in [-0.25, -0.2) is 0 Å². The summed E-state index contributed by atoms with van der Waals surface area (Å²) >= 11 is 0. The first kappa shape index (κ1) is 14.1. The zero-order valence-corrected chi connectivity index (χ0v) is 10.1. The average Bonchev–Trinajstić information content (AvgIpc) is 2.36. The maximum Gasteiger partial charge on any atom is 0.305 e. The van der Waals surface area contributed by atoms with Crippen LogP contribution in [-0.2, 0) is 6.54 Å². The molecule has 0 aliphatic rings. The molecule has 0 aliphatic heterocycles. The Balaban J connectivity index is 2.87. The highest BCUT2D eigenvalue weighted by Crippen LogP contribution is 2.21. The molecule has 1 aromatic rings. The summed E-state index contributed by atoms with van der Waals surface area (Å²) < 4.78 is 13.8. The minimum absolute atomic E-state index is 0.270. The predicted molar refractivity (Wildman–Crippen MR) is 64.2 cm³/mol. The molecule has 1 aromatic carbocycles. The fraction of sp³-hybridized carbons (Fsp3) is 0.417. The first-order valence-corrected chi connectivity index (χ1v) is 5.61. The van der Waals surface area contributed by atoms with Crippen LogP contribution in [0, 0.1) is 27.3 Å². The van der Waals surface area contributed by atoms with E-state index in [4.69, 9.17) is 5.26 Å². The second-order valence-corrected chi connectivity index (χ2v) is 3.78. The van der Waals surface area contributed by atoms with Crippen molar-refractivity contribution in [2.75, 3.05) is 13.1 Å². The second kappa shape index (κ2) is 6.67. The van der Waals surface area contributed by atoms with E-state index in [2.05, 4.69) is 0 Å². The Bertz CT molecular complexity index is 471. The summed E-state index contributed by atoms with van der Waals surface area (Å²) in [5.41, 5.74) is -0.229. The van der Waals surface area contributed by atoms with Crippen molar-refractivity contribution in [1.29, 1.82) is 5.26 Å². The molecule has 0 bridgehead atoms. The molecule has 5 nitrogen and oxygen atoms in total. The van der Waals surface area contributed by atoms with Crippen LogP contribution in [-0.4, -0.2) is 22.9 Å². The Hall–Kier alpha value is -2.00. The van der Waals surface area contributed by atoms with E-state index >= 15 is 0 Å². The molecule has 0 amide bonds. The molecular weight excluding hydrogens is 237 g/mol. The molecule has 96 valence electrons. The molecule has 18 heavy (non-hydrogen) atoms. The van der Waals surface area contributed by atoms with Crippen molar-refractivity contribution in [3.8, 4) is 6.07 Å². The number of nitro groups is 1. The van der Waals surface area contributed by atoms with Gasteiger partial charge in [0.25, 0.3) is 0 Å². The molecule has 0 aromatic heterocycles. The second-order valence-electron chi connectivity index (χ2n) is 3.78. The van der Waals surface area contributed by atoms with Crippen molar-refractivity contribution in [2.24, 2.45) is 0 Å². The molecule has 6 heteroatoms. The lowest BCUT2D eigenvalue weighted by molar-refractivity contribution is -0.387. The molecule has 0 atom stereocenters. The molecule has 0 unspecified atom stereocenters. The average molecular weight is 251 g/mol. The van der Waals surface area contributed by atoms with E-state index in [1.54, 1.807) is 0 Å².